The van der Waals surface area contributed by atoms with E-state index in [2.05, 4.69) is 10.2 Å². The molecular formula is C34H33I4N3O12. The van der Waals surface area contributed by atoms with Gasteiger partial charge >= 0.3 is 12.1 Å². The van der Waals surface area contributed by atoms with Gasteiger partial charge in [0.1, 0.15) is 0 Å². The third-order valence-electron chi connectivity index (χ3n) is 8.19. The highest BCUT2D eigenvalue weighted by atomic mass is 127. The molecule has 2 N–H and O–H groups in total. The molecule has 2 aromatic rings. The number of benzene rings is 2. The first-order chi connectivity index (χ1) is 24.8. The van der Waals surface area contributed by atoms with E-state index in [4.69, 9.17) is 4.74 Å². The van der Waals surface area contributed by atoms with Crippen molar-refractivity contribution < 1.29 is 57.8 Å². The van der Waals surface area contributed by atoms with Gasteiger partial charge in [0.2, 0.25) is 11.8 Å². The van der Waals surface area contributed by atoms with E-state index in [1.165, 1.54) is 11.8 Å². The number of carbonyl (C=O) groups is 9. The molecule has 1 saturated heterocycles. The van der Waals surface area contributed by atoms with Crippen LogP contribution < -0.4 is 10.2 Å². The van der Waals surface area contributed by atoms with Gasteiger partial charge in [-0.15, -0.1) is 0 Å². The summed E-state index contributed by atoms with van der Waals surface area (Å²) < 4.78 is 6.13. The number of amides is 4. The number of hydrogen-bond donors (Lipinski definition) is 2. The average Bonchev–Trinajstić information content (AvgIpc) is 3.39. The van der Waals surface area contributed by atoms with E-state index in [-0.39, 0.29) is 98.3 Å². The van der Waals surface area contributed by atoms with E-state index in [0.29, 0.717) is 29.0 Å². The van der Waals surface area contributed by atoms with Crippen LogP contribution in [0.25, 0.3) is 0 Å². The van der Waals surface area contributed by atoms with Gasteiger partial charge in [-0.1, -0.05) is 12.0 Å². The zero-order valence-corrected chi connectivity index (χ0v) is 37.6. The quantitative estimate of drug-likeness (QED) is 0.0622. The van der Waals surface area contributed by atoms with Crippen molar-refractivity contribution in [2.24, 2.45) is 0 Å². The van der Waals surface area contributed by atoms with Crippen LogP contribution in [-0.2, 0) is 28.8 Å². The number of ketones is 3. The van der Waals surface area contributed by atoms with E-state index in [1.54, 1.807) is 73.0 Å². The number of imide groups is 1. The molecule has 1 fully saturated rings. The Morgan fingerprint density at radius 1 is 0.774 bits per heavy atom. The minimum Gasteiger partial charge on any atom is -0.478 e. The van der Waals surface area contributed by atoms with E-state index < -0.39 is 41.4 Å². The fourth-order valence-electron chi connectivity index (χ4n) is 5.39. The Bertz CT molecular complexity index is 1950. The zero-order chi connectivity index (χ0) is 40.1. The lowest BCUT2D eigenvalue weighted by Gasteiger charge is -2.25. The molecule has 19 heteroatoms. The highest BCUT2D eigenvalue weighted by Crippen LogP contribution is 2.38. The Labute approximate surface area is 358 Å². The molecule has 3 rings (SSSR count). The van der Waals surface area contributed by atoms with Gasteiger partial charge in [-0.3, -0.25) is 38.4 Å². The van der Waals surface area contributed by atoms with Gasteiger partial charge in [-0.2, -0.15) is 0 Å². The maximum absolute atomic E-state index is 13.7. The smallest absolute Gasteiger partial charge is 0.478 e. The number of halogens is 4. The van der Waals surface area contributed by atoms with Crippen LogP contribution in [0.1, 0.15) is 111 Å². The molecule has 0 bridgehead atoms. The van der Waals surface area contributed by atoms with Crippen LogP contribution in [0.5, 0.6) is 0 Å². The SMILES string of the molecule is CCC(=O)c1c(I)c(C(=O)CCC(=O)Nc2c(C)c(C(=O)CCCOC(=O)ON3C(=O)CCC3=O)c(I)c(C(=O)O)c2I)c(C)c(N(C)C(C)=O)c1I. The molecule has 0 unspecified atom stereocenters. The minimum atomic E-state index is -1.34. The van der Waals surface area contributed by atoms with Gasteiger partial charge in [0.15, 0.2) is 17.3 Å². The molecule has 1 heterocycles. The first-order valence-electron chi connectivity index (χ1n) is 15.9. The third-order valence-corrected chi connectivity index (χ3v) is 12.5. The molecule has 284 valence electrons. The minimum absolute atomic E-state index is 0.0181. The fourth-order valence-corrected chi connectivity index (χ4v) is 11.3. The van der Waals surface area contributed by atoms with Gasteiger partial charge < -0.3 is 20.1 Å². The Hall–Kier alpha value is -2.81. The molecule has 0 aromatic heterocycles. The van der Waals surface area contributed by atoms with Gasteiger partial charge in [0.05, 0.1) is 27.1 Å². The highest BCUT2D eigenvalue weighted by Gasteiger charge is 2.34. The zero-order valence-electron chi connectivity index (χ0n) is 29.0. The largest absolute Gasteiger partial charge is 0.533 e. The Morgan fingerprint density at radius 2 is 1.32 bits per heavy atom. The maximum atomic E-state index is 13.7. The molecule has 0 radical (unpaired) electrons. The molecular weight excluding hydrogens is 1150 g/mol. The van der Waals surface area contributed by atoms with E-state index in [0.717, 1.165) is 0 Å². The number of nitrogens with zero attached hydrogens (tertiary/aromatic N) is 2. The van der Waals surface area contributed by atoms with Crippen molar-refractivity contribution >= 4 is 155 Å². The summed E-state index contributed by atoms with van der Waals surface area (Å²) in [7, 11) is 1.55. The number of carboxylic acid groups (broad SMARTS) is 1. The van der Waals surface area contributed by atoms with E-state index in [9.17, 15) is 48.3 Å². The van der Waals surface area contributed by atoms with Crippen LogP contribution in [-0.4, -0.2) is 76.9 Å². The van der Waals surface area contributed by atoms with Crippen LogP contribution >= 0.6 is 90.4 Å². The first-order valence-corrected chi connectivity index (χ1v) is 20.2. The summed E-state index contributed by atoms with van der Waals surface area (Å²) in [4.78, 5) is 119. The van der Waals surface area contributed by atoms with Crippen LogP contribution in [0.2, 0.25) is 0 Å². The second-order valence-corrected chi connectivity index (χ2v) is 16.0. The monoisotopic (exact) mass is 1180 g/mol. The Balaban J connectivity index is 1.82. The normalized spacial score (nSPS) is 12.4. The summed E-state index contributed by atoms with van der Waals surface area (Å²) in [5.74, 6) is -4.81. The number of carbonyl (C=O) groups excluding carboxylic acids is 8. The molecule has 53 heavy (non-hydrogen) atoms. The molecule has 0 atom stereocenters. The lowest BCUT2D eigenvalue weighted by atomic mass is 9.94. The third kappa shape index (κ3) is 10.1. The molecule has 15 nitrogen and oxygen atoms in total. The highest BCUT2D eigenvalue weighted by molar-refractivity contribution is 14.1. The van der Waals surface area contributed by atoms with Crippen LogP contribution in [0.15, 0.2) is 0 Å². The number of aromatic carboxylic acids is 1. The molecule has 1 aliphatic rings. The fraction of sp³-hybridized carbons (Fsp3) is 0.382. The summed E-state index contributed by atoms with van der Waals surface area (Å²) in [5, 5.41) is 13.0. The Kier molecular flexibility index (Phi) is 16.1. The van der Waals surface area contributed by atoms with Crippen molar-refractivity contribution in [2.45, 2.75) is 72.6 Å². The first kappa shape index (κ1) is 44.6. The maximum Gasteiger partial charge on any atom is 0.533 e. The standard InChI is InChI=1S/C34H33I4N3O12/c1-6-17(43)25-27(35)24(15(3)32(30(25)38)40(5)16(4)42)19(45)9-10-20(46)39-31-14(2)23(28(36)26(29(31)37)33(49)50)18(44)8-7-13-52-34(51)53-41-21(47)11-12-22(41)48/h6-13H2,1-5H3,(H,39,46)(H,49,50). The van der Waals surface area contributed by atoms with Gasteiger partial charge in [0.25, 0.3) is 11.8 Å². The topological polar surface area (TPSA) is 211 Å². The van der Waals surface area contributed by atoms with Gasteiger partial charge in [-0.05, 0) is 122 Å². The Morgan fingerprint density at radius 3 is 1.87 bits per heavy atom. The van der Waals surface area contributed by atoms with Crippen LogP contribution in [0.3, 0.4) is 0 Å². The van der Waals surface area contributed by atoms with Crippen molar-refractivity contribution in [1.82, 2.24) is 5.06 Å². The summed E-state index contributed by atoms with van der Waals surface area (Å²) >= 11 is 7.46. The number of anilines is 2. The molecule has 4 amide bonds. The molecule has 0 spiro atoms. The van der Waals surface area contributed by atoms with Gasteiger partial charge in [0, 0.05) is 79.9 Å². The number of nitrogens with one attached hydrogen (secondary N) is 1. The number of carboxylic acids is 1. The predicted molar refractivity (Wildman–Crippen MR) is 223 cm³/mol. The van der Waals surface area contributed by atoms with Gasteiger partial charge in [-0.25, -0.2) is 9.59 Å². The summed E-state index contributed by atoms with van der Waals surface area (Å²) in [5.41, 5.74) is 1.61. The van der Waals surface area contributed by atoms with Crippen molar-refractivity contribution in [3.8, 4) is 0 Å². The lowest BCUT2D eigenvalue weighted by Crippen LogP contribution is -2.32. The predicted octanol–water partition coefficient (Wildman–Crippen LogP) is 6.78. The summed E-state index contributed by atoms with van der Waals surface area (Å²) in [6.07, 6.45) is -2.16. The molecule has 0 saturated carbocycles. The summed E-state index contributed by atoms with van der Waals surface area (Å²) in [6, 6.07) is 0. The number of hydroxylamine groups is 2. The van der Waals surface area contributed by atoms with Crippen LogP contribution in [0, 0.1) is 28.1 Å². The molecule has 1 aliphatic heterocycles. The van der Waals surface area contributed by atoms with Crippen molar-refractivity contribution in [1.29, 1.82) is 0 Å². The van der Waals surface area contributed by atoms with E-state index in [1.807, 2.05) is 45.2 Å². The molecule has 0 aliphatic carbocycles. The molecule has 2 aromatic carbocycles. The van der Waals surface area contributed by atoms with Crippen molar-refractivity contribution in [2.75, 3.05) is 23.9 Å². The number of ether oxygens (including phenoxy) is 1. The van der Waals surface area contributed by atoms with Crippen molar-refractivity contribution in [3.63, 3.8) is 0 Å². The second kappa shape index (κ2) is 19.2. The van der Waals surface area contributed by atoms with Crippen molar-refractivity contribution in [3.05, 3.63) is 47.7 Å². The van der Waals surface area contributed by atoms with Crippen LogP contribution in [0.4, 0.5) is 16.2 Å². The van der Waals surface area contributed by atoms with E-state index >= 15 is 0 Å². The second-order valence-electron chi connectivity index (χ2n) is 11.7. The number of Topliss-reactive ketones (excluding diaryl/α,β-unsaturated/α-hetero) is 3. The summed E-state index contributed by atoms with van der Waals surface area (Å²) in [6.45, 7) is 5.95. The number of hydrogen-bond acceptors (Lipinski definition) is 11. The lowest BCUT2D eigenvalue weighted by molar-refractivity contribution is -0.177. The average molecular weight is 1180 g/mol. The number of rotatable bonds is 15.